The van der Waals surface area contributed by atoms with Gasteiger partial charge in [0.05, 0.1) is 12.6 Å². The number of amides is 1. The van der Waals surface area contributed by atoms with Gasteiger partial charge in [-0.15, -0.1) is 0 Å². The minimum Gasteiger partial charge on any atom is -0.348 e. The van der Waals surface area contributed by atoms with Crippen molar-refractivity contribution in [2.45, 2.75) is 26.3 Å². The average Bonchev–Trinajstić information content (AvgIpc) is 2.28. The number of benzene rings is 1. The molecule has 1 aromatic carbocycles. The Morgan fingerprint density at radius 3 is 2.72 bits per heavy atom. The van der Waals surface area contributed by atoms with Gasteiger partial charge in [0.2, 0.25) is 5.91 Å². The van der Waals surface area contributed by atoms with Crippen molar-refractivity contribution in [3.8, 4) is 0 Å². The molecule has 0 fully saturated rings. The normalized spacial score (nSPS) is 12.2. The number of hydrogen-bond donors (Lipinski definition) is 2. The minimum atomic E-state index is -0.649. The lowest BCUT2D eigenvalue weighted by atomic mass is 10.1. The second kappa shape index (κ2) is 7.06. The fourth-order valence-corrected chi connectivity index (χ4v) is 1.60. The molecule has 0 heterocycles. The van der Waals surface area contributed by atoms with Crippen LogP contribution in [-0.2, 0) is 4.79 Å². The van der Waals surface area contributed by atoms with E-state index < -0.39 is 17.7 Å². The molecule has 0 radical (unpaired) electrons. The maximum Gasteiger partial charge on any atom is 0.234 e. The number of nitrogens with one attached hydrogen (secondary N) is 2. The largest absolute Gasteiger partial charge is 0.348 e. The van der Waals surface area contributed by atoms with E-state index in [0.29, 0.717) is 0 Å². The van der Waals surface area contributed by atoms with Gasteiger partial charge in [-0.05, 0) is 26.0 Å². The summed E-state index contributed by atoms with van der Waals surface area (Å²) < 4.78 is 26.2. The van der Waals surface area contributed by atoms with Gasteiger partial charge in [-0.2, -0.15) is 0 Å². The van der Waals surface area contributed by atoms with Crippen molar-refractivity contribution in [2.24, 2.45) is 0 Å². The third-order valence-corrected chi connectivity index (χ3v) is 2.52. The molecule has 100 valence electrons. The van der Waals surface area contributed by atoms with Gasteiger partial charge in [0.25, 0.3) is 0 Å². The van der Waals surface area contributed by atoms with E-state index in [1.807, 2.05) is 6.92 Å². The highest BCUT2D eigenvalue weighted by Gasteiger charge is 2.13. The van der Waals surface area contributed by atoms with Gasteiger partial charge in [0.1, 0.15) is 11.6 Å². The van der Waals surface area contributed by atoms with Crippen LogP contribution in [0.25, 0.3) is 0 Å². The zero-order valence-corrected chi connectivity index (χ0v) is 10.6. The molecule has 0 saturated heterocycles. The first kappa shape index (κ1) is 14.6. The summed E-state index contributed by atoms with van der Waals surface area (Å²) in [6.07, 6.45) is 0.940. The van der Waals surface area contributed by atoms with Gasteiger partial charge in [0.15, 0.2) is 0 Å². The summed E-state index contributed by atoms with van der Waals surface area (Å²) in [5, 5.41) is 5.60. The molecule has 3 nitrogen and oxygen atoms in total. The molecule has 0 spiro atoms. The first-order chi connectivity index (χ1) is 8.54. The summed E-state index contributed by atoms with van der Waals surface area (Å²) in [5.74, 6) is -1.48. The number of halogens is 2. The average molecular weight is 256 g/mol. The van der Waals surface area contributed by atoms with Crippen molar-refractivity contribution in [1.82, 2.24) is 10.6 Å². The summed E-state index contributed by atoms with van der Waals surface area (Å²) in [4.78, 5) is 11.5. The number of rotatable bonds is 6. The van der Waals surface area contributed by atoms with Gasteiger partial charge >= 0.3 is 0 Å². The molecule has 1 unspecified atom stereocenters. The van der Waals surface area contributed by atoms with Crippen LogP contribution in [0.1, 0.15) is 31.9 Å². The molecule has 0 aliphatic heterocycles. The van der Waals surface area contributed by atoms with Crippen LogP contribution in [0.2, 0.25) is 0 Å². The Hall–Kier alpha value is -1.49. The molecule has 1 atom stereocenters. The Balaban J connectivity index is 2.54. The summed E-state index contributed by atoms with van der Waals surface area (Å²) >= 11 is 0. The Morgan fingerprint density at radius 2 is 2.11 bits per heavy atom. The first-order valence-corrected chi connectivity index (χ1v) is 5.99. The van der Waals surface area contributed by atoms with E-state index >= 15 is 0 Å². The van der Waals surface area contributed by atoms with E-state index in [1.165, 1.54) is 12.1 Å². The lowest BCUT2D eigenvalue weighted by Crippen LogP contribution is -2.35. The van der Waals surface area contributed by atoms with Crippen LogP contribution in [0.3, 0.4) is 0 Å². The Kier molecular flexibility index (Phi) is 5.71. The van der Waals surface area contributed by atoms with Crippen LogP contribution < -0.4 is 10.6 Å². The summed E-state index contributed by atoms with van der Waals surface area (Å²) in [5.41, 5.74) is 0.278. The zero-order valence-electron chi connectivity index (χ0n) is 10.6. The topological polar surface area (TPSA) is 41.1 Å². The molecule has 1 aromatic rings. The molecular weight excluding hydrogens is 238 g/mol. The second-order valence-electron chi connectivity index (χ2n) is 4.13. The molecule has 18 heavy (non-hydrogen) atoms. The van der Waals surface area contributed by atoms with Crippen LogP contribution in [0, 0.1) is 11.6 Å². The smallest absolute Gasteiger partial charge is 0.234 e. The number of carbonyl (C=O) groups is 1. The SMILES string of the molecule is CCCNCC(=O)NC(C)c1ccc(F)cc1F. The Bertz CT molecular complexity index is 410. The molecule has 5 heteroatoms. The maximum absolute atomic E-state index is 13.5. The fraction of sp³-hybridized carbons (Fsp3) is 0.462. The Labute approximate surface area is 106 Å². The van der Waals surface area contributed by atoms with E-state index in [-0.39, 0.29) is 18.0 Å². The molecule has 0 saturated carbocycles. The summed E-state index contributed by atoms with van der Waals surface area (Å²) in [6.45, 7) is 4.61. The minimum absolute atomic E-state index is 0.195. The molecule has 1 amide bonds. The monoisotopic (exact) mass is 256 g/mol. The van der Waals surface area contributed by atoms with Gasteiger partial charge in [-0.3, -0.25) is 4.79 Å². The van der Waals surface area contributed by atoms with Crippen molar-refractivity contribution < 1.29 is 13.6 Å². The van der Waals surface area contributed by atoms with Gasteiger partial charge in [-0.1, -0.05) is 13.0 Å². The lowest BCUT2D eigenvalue weighted by Gasteiger charge is -2.15. The van der Waals surface area contributed by atoms with Crippen molar-refractivity contribution in [3.05, 3.63) is 35.4 Å². The van der Waals surface area contributed by atoms with Crippen LogP contribution in [-0.4, -0.2) is 19.0 Å². The molecule has 0 aromatic heterocycles. The molecule has 0 aliphatic rings. The van der Waals surface area contributed by atoms with Crippen molar-refractivity contribution >= 4 is 5.91 Å². The zero-order chi connectivity index (χ0) is 13.5. The second-order valence-corrected chi connectivity index (χ2v) is 4.13. The van der Waals surface area contributed by atoms with Crippen molar-refractivity contribution in [1.29, 1.82) is 0 Å². The summed E-state index contributed by atoms with van der Waals surface area (Å²) in [6, 6.07) is 2.85. The third kappa shape index (κ3) is 4.41. The van der Waals surface area contributed by atoms with Gasteiger partial charge in [-0.25, -0.2) is 8.78 Å². The summed E-state index contributed by atoms with van der Waals surface area (Å²) in [7, 11) is 0. The highest BCUT2D eigenvalue weighted by Crippen LogP contribution is 2.17. The van der Waals surface area contributed by atoms with E-state index in [4.69, 9.17) is 0 Å². The molecule has 1 rings (SSSR count). The lowest BCUT2D eigenvalue weighted by molar-refractivity contribution is -0.120. The predicted octanol–water partition coefficient (Wildman–Crippen LogP) is 2.14. The van der Waals surface area contributed by atoms with Crippen LogP contribution in [0.4, 0.5) is 8.78 Å². The number of hydrogen-bond acceptors (Lipinski definition) is 2. The van der Waals surface area contributed by atoms with Crippen LogP contribution >= 0.6 is 0 Å². The molecule has 0 bridgehead atoms. The molecular formula is C13H18F2N2O. The first-order valence-electron chi connectivity index (χ1n) is 5.99. The van der Waals surface area contributed by atoms with Crippen LogP contribution in [0.5, 0.6) is 0 Å². The highest BCUT2D eigenvalue weighted by atomic mass is 19.1. The van der Waals surface area contributed by atoms with E-state index in [9.17, 15) is 13.6 Å². The van der Waals surface area contributed by atoms with Crippen LogP contribution in [0.15, 0.2) is 18.2 Å². The highest BCUT2D eigenvalue weighted by molar-refractivity contribution is 5.78. The third-order valence-electron chi connectivity index (χ3n) is 2.52. The Morgan fingerprint density at radius 1 is 1.39 bits per heavy atom. The maximum atomic E-state index is 13.5. The standard InChI is InChI=1S/C13H18F2N2O/c1-3-6-16-8-13(18)17-9(2)11-5-4-10(14)7-12(11)15/h4-5,7,9,16H,3,6,8H2,1-2H3,(H,17,18). The van der Waals surface area contributed by atoms with Crippen molar-refractivity contribution in [2.75, 3.05) is 13.1 Å². The fourth-order valence-electron chi connectivity index (χ4n) is 1.60. The van der Waals surface area contributed by atoms with Gasteiger partial charge < -0.3 is 10.6 Å². The quantitative estimate of drug-likeness (QED) is 0.766. The van der Waals surface area contributed by atoms with E-state index in [0.717, 1.165) is 19.0 Å². The predicted molar refractivity (Wildman–Crippen MR) is 66.1 cm³/mol. The molecule has 2 N–H and O–H groups in total. The molecule has 0 aliphatic carbocycles. The van der Waals surface area contributed by atoms with E-state index in [2.05, 4.69) is 10.6 Å². The number of carbonyl (C=O) groups excluding carboxylic acids is 1. The van der Waals surface area contributed by atoms with Gasteiger partial charge in [0, 0.05) is 11.6 Å². The van der Waals surface area contributed by atoms with E-state index in [1.54, 1.807) is 6.92 Å². The van der Waals surface area contributed by atoms with Crippen molar-refractivity contribution in [3.63, 3.8) is 0 Å².